The number of phenols is 1. The van der Waals surface area contributed by atoms with E-state index in [1.165, 1.54) is 65.6 Å². The average Bonchev–Trinajstić information content (AvgIpc) is 3.26. The minimum absolute atomic E-state index is 0.0300. The lowest BCUT2D eigenvalue weighted by atomic mass is 9.77. The summed E-state index contributed by atoms with van der Waals surface area (Å²) < 4.78 is 78.2. The molecule has 0 radical (unpaired) electrons. The minimum atomic E-state index is -4.87. The Kier molecular flexibility index (Phi) is 14.1. The molecule has 13 atom stereocenters. The van der Waals surface area contributed by atoms with Gasteiger partial charge >= 0.3 is 10.1 Å². The number of nitrogens with zero attached hydrogens (tertiary/aromatic N) is 1. The van der Waals surface area contributed by atoms with Gasteiger partial charge in [-0.05, 0) is 84.1 Å². The van der Waals surface area contributed by atoms with Crippen LogP contribution in [0.25, 0.3) is 11.1 Å². The molecule has 7 rings (SSSR count). The highest BCUT2D eigenvalue weighted by Gasteiger charge is 2.52. The largest absolute Gasteiger partial charge is 0.508 e. The van der Waals surface area contributed by atoms with Crippen molar-refractivity contribution >= 4 is 21.7 Å². The first-order chi connectivity index (χ1) is 30.0. The maximum Gasteiger partial charge on any atom is 0.311 e. The number of hydrogen-bond acceptors (Lipinski definition) is 16. The molecule has 0 saturated carbocycles. The van der Waals surface area contributed by atoms with Crippen LogP contribution in [0.3, 0.4) is 0 Å². The third-order valence-corrected chi connectivity index (χ3v) is 12.7. The van der Waals surface area contributed by atoms with E-state index in [1.54, 1.807) is 18.2 Å². The molecule has 20 heteroatoms. The van der Waals surface area contributed by atoms with Gasteiger partial charge in [-0.1, -0.05) is 36.4 Å². The van der Waals surface area contributed by atoms with Crippen molar-refractivity contribution in [2.75, 3.05) is 23.9 Å². The summed E-state index contributed by atoms with van der Waals surface area (Å²) in [4.78, 5) is 15.3. The van der Waals surface area contributed by atoms with Crippen molar-refractivity contribution in [1.29, 1.82) is 0 Å². The van der Waals surface area contributed by atoms with Crippen molar-refractivity contribution in [3.8, 4) is 22.6 Å². The van der Waals surface area contributed by atoms with Crippen molar-refractivity contribution in [1.82, 2.24) is 0 Å². The SMILES string of the molecule is O=C1[C@H](CCC(O)c2ccc(F)cc2)C(c2ccc(-c3ccc(O)cc3)cc2OS(=O)(=O)CC2OC(CO)C(OC3OC(CO)C(O)C(O)C3O)C(O)C2O)N1c1ccc(F)cc1. The average molecular weight is 904 g/mol. The van der Waals surface area contributed by atoms with Crippen LogP contribution < -0.4 is 9.08 Å². The third-order valence-electron chi connectivity index (χ3n) is 11.5. The number of hydrogen-bond donors (Lipinski definition) is 9. The second-order valence-corrected chi connectivity index (χ2v) is 17.3. The Morgan fingerprint density at radius 2 is 1.32 bits per heavy atom. The normalized spacial score (nSPS) is 30.4. The highest BCUT2D eigenvalue weighted by atomic mass is 32.2. The van der Waals surface area contributed by atoms with E-state index in [1.807, 2.05) is 0 Å². The maximum absolute atomic E-state index is 14.1. The van der Waals surface area contributed by atoms with Gasteiger partial charge in [0.2, 0.25) is 5.91 Å². The number of aliphatic hydroxyl groups is 8. The molecule has 4 aromatic carbocycles. The van der Waals surface area contributed by atoms with Gasteiger partial charge in [0.1, 0.15) is 83.8 Å². The molecule has 12 unspecified atom stereocenters. The zero-order valence-corrected chi connectivity index (χ0v) is 34.0. The summed E-state index contributed by atoms with van der Waals surface area (Å²) in [6.45, 7) is -1.73. The summed E-state index contributed by atoms with van der Waals surface area (Å²) >= 11 is 0. The smallest absolute Gasteiger partial charge is 0.311 e. The predicted molar refractivity (Wildman–Crippen MR) is 215 cm³/mol. The molecular weight excluding hydrogens is 857 g/mol. The van der Waals surface area contributed by atoms with E-state index in [0.29, 0.717) is 16.7 Å². The maximum atomic E-state index is 14.1. The number of carbonyl (C=O) groups excluding carboxylic acids is 1. The Labute approximate surface area is 359 Å². The van der Waals surface area contributed by atoms with Crippen LogP contribution in [-0.2, 0) is 29.1 Å². The zero-order chi connectivity index (χ0) is 45.3. The van der Waals surface area contributed by atoms with Gasteiger partial charge in [-0.25, -0.2) is 8.78 Å². The van der Waals surface area contributed by atoms with E-state index in [9.17, 15) is 68.0 Å². The van der Waals surface area contributed by atoms with Crippen molar-refractivity contribution in [3.63, 3.8) is 0 Å². The number of anilines is 1. The Balaban J connectivity index is 1.18. The molecule has 17 nitrogen and oxygen atoms in total. The van der Waals surface area contributed by atoms with E-state index in [0.717, 1.165) is 12.1 Å². The number of aromatic hydroxyl groups is 1. The predicted octanol–water partition coefficient (Wildman–Crippen LogP) is 0.930. The second-order valence-electron chi connectivity index (χ2n) is 15.7. The lowest BCUT2D eigenvalue weighted by Gasteiger charge is -2.48. The van der Waals surface area contributed by atoms with Crippen LogP contribution in [0, 0.1) is 17.6 Å². The number of benzene rings is 4. The fourth-order valence-electron chi connectivity index (χ4n) is 8.12. The van der Waals surface area contributed by atoms with Crippen molar-refractivity contribution in [2.45, 2.75) is 86.2 Å². The highest BCUT2D eigenvalue weighted by molar-refractivity contribution is 7.87. The highest BCUT2D eigenvalue weighted by Crippen LogP contribution is 2.50. The topological polar surface area (TPSA) is 273 Å². The van der Waals surface area contributed by atoms with E-state index in [-0.39, 0.29) is 35.6 Å². The number of aliphatic hydroxyl groups excluding tert-OH is 8. The van der Waals surface area contributed by atoms with Gasteiger partial charge in [0.05, 0.1) is 31.3 Å². The Bertz CT molecular complexity index is 2300. The minimum Gasteiger partial charge on any atom is -0.508 e. The van der Waals surface area contributed by atoms with Crippen molar-refractivity contribution in [3.05, 3.63) is 114 Å². The third kappa shape index (κ3) is 9.87. The number of rotatable bonds is 15. The van der Waals surface area contributed by atoms with Crippen molar-refractivity contribution in [2.24, 2.45) is 5.92 Å². The monoisotopic (exact) mass is 903 g/mol. The van der Waals surface area contributed by atoms with Crippen LogP contribution in [0.2, 0.25) is 0 Å². The zero-order valence-electron chi connectivity index (χ0n) is 33.2. The quantitative estimate of drug-likeness (QED) is 0.0593. The van der Waals surface area contributed by atoms with Gasteiger partial charge in [0.15, 0.2) is 6.29 Å². The molecule has 0 spiro atoms. The first-order valence-electron chi connectivity index (χ1n) is 20.0. The van der Waals surface area contributed by atoms with Crippen LogP contribution in [0.4, 0.5) is 14.5 Å². The first kappa shape index (κ1) is 46.3. The Morgan fingerprint density at radius 1 is 0.714 bits per heavy atom. The molecule has 3 aliphatic rings. The van der Waals surface area contributed by atoms with Gasteiger partial charge in [-0.15, -0.1) is 0 Å². The molecule has 1 amide bonds. The fourth-order valence-corrected chi connectivity index (χ4v) is 9.29. The molecule has 63 heavy (non-hydrogen) atoms. The lowest BCUT2D eigenvalue weighted by molar-refractivity contribution is -0.341. The Hall–Kier alpha value is -4.68. The molecule has 3 aliphatic heterocycles. The first-order valence-corrected chi connectivity index (χ1v) is 21.5. The molecule has 9 N–H and O–H groups in total. The molecule has 0 bridgehead atoms. The van der Waals surface area contributed by atoms with E-state index >= 15 is 0 Å². The van der Waals surface area contributed by atoms with Crippen molar-refractivity contribution < 1.29 is 86.3 Å². The number of ether oxygens (including phenoxy) is 3. The number of carbonyl (C=O) groups is 1. The molecule has 0 aromatic heterocycles. The summed E-state index contributed by atoms with van der Waals surface area (Å²) in [5.41, 5.74) is 1.75. The van der Waals surface area contributed by atoms with Crippen LogP contribution in [0.15, 0.2) is 91.0 Å². The summed E-state index contributed by atoms with van der Waals surface area (Å²) in [6.07, 6.45) is -18.8. The summed E-state index contributed by atoms with van der Waals surface area (Å²) in [5, 5.41) is 93.8. The van der Waals surface area contributed by atoms with Gasteiger partial charge in [-0.3, -0.25) is 4.79 Å². The van der Waals surface area contributed by atoms with Crippen LogP contribution in [-0.4, -0.2) is 140 Å². The number of β-lactam (4-membered cyclic amide) rings is 1. The van der Waals surface area contributed by atoms with Crippen LogP contribution in [0.5, 0.6) is 11.5 Å². The van der Waals surface area contributed by atoms with E-state index < -0.39 is 126 Å². The number of halogens is 2. The van der Waals surface area contributed by atoms with Crippen LogP contribution in [0.1, 0.15) is 36.1 Å². The molecule has 4 aromatic rings. The van der Waals surface area contributed by atoms with Crippen LogP contribution >= 0.6 is 0 Å². The molecular formula is C43H47F2NO16S. The van der Waals surface area contributed by atoms with Gasteiger partial charge in [0.25, 0.3) is 0 Å². The summed E-state index contributed by atoms with van der Waals surface area (Å²) in [5.74, 6) is -3.87. The molecule has 3 saturated heterocycles. The van der Waals surface area contributed by atoms with Gasteiger partial charge < -0.3 is 69.3 Å². The van der Waals surface area contributed by atoms with E-state index in [2.05, 4.69) is 0 Å². The fraction of sp³-hybridized carbons (Fsp3) is 0.419. The summed E-state index contributed by atoms with van der Waals surface area (Å²) in [6, 6.07) is 19.7. The van der Waals surface area contributed by atoms with E-state index in [4.69, 9.17) is 18.4 Å². The molecule has 0 aliphatic carbocycles. The molecule has 3 heterocycles. The molecule has 340 valence electrons. The second kappa shape index (κ2) is 19.2. The van der Waals surface area contributed by atoms with Gasteiger partial charge in [0, 0.05) is 11.3 Å². The molecule has 3 fully saturated rings. The standard InChI is InChI=1S/C43H47F2NO16S/c44-24-6-1-22(2-7-24)30(50)16-15-29-35(46(42(29)56)26-10-8-25(45)9-11-26)28-14-5-23(21-3-12-27(49)13-4-21)17-31(28)62-63(57,58)20-34-37(52)39(54)41(33(19-48)59-34)61-43-40(55)38(53)36(51)32(18-47)60-43/h1-14,17,29-30,32-41,43,47-55H,15-16,18-20H2/t29-,30?,32?,33?,34?,35?,36?,37?,38?,39?,40?,41?,43?/m1/s1. The lowest BCUT2D eigenvalue weighted by Crippen LogP contribution is -2.65. The van der Waals surface area contributed by atoms with Gasteiger partial charge in [-0.2, -0.15) is 8.42 Å². The number of amides is 1. The number of phenolic OH excluding ortho intramolecular Hbond substituents is 1. The summed E-state index contributed by atoms with van der Waals surface area (Å²) in [7, 11) is -4.87. The Morgan fingerprint density at radius 3 is 1.95 bits per heavy atom.